The number of ketones is 1. The van der Waals surface area contributed by atoms with E-state index in [2.05, 4.69) is 33.3 Å². The van der Waals surface area contributed by atoms with E-state index in [-0.39, 0.29) is 11.5 Å². The van der Waals surface area contributed by atoms with Crippen molar-refractivity contribution in [3.8, 4) is 5.75 Å². The van der Waals surface area contributed by atoms with Gasteiger partial charge in [-0.1, -0.05) is 15.9 Å². The molecule has 88 valence electrons. The highest BCUT2D eigenvalue weighted by molar-refractivity contribution is 9.09. The van der Waals surface area contributed by atoms with Crippen molar-refractivity contribution in [2.24, 2.45) is 0 Å². The maximum Gasteiger partial charge on any atom is 0.387 e. The summed E-state index contributed by atoms with van der Waals surface area (Å²) in [7, 11) is 0. The first-order chi connectivity index (χ1) is 7.52. The quantitative estimate of drug-likeness (QED) is 0.511. The van der Waals surface area contributed by atoms with Crippen molar-refractivity contribution in [3.63, 3.8) is 0 Å². The normalized spacial score (nSPS) is 10.6. The van der Waals surface area contributed by atoms with Crippen molar-refractivity contribution in [1.82, 2.24) is 0 Å². The first-order valence-corrected chi connectivity index (χ1v) is 5.98. The van der Waals surface area contributed by atoms with Crippen LogP contribution in [0.1, 0.15) is 16.8 Å². The fourth-order valence-corrected chi connectivity index (χ4v) is 1.77. The zero-order chi connectivity index (χ0) is 12.1. The van der Waals surface area contributed by atoms with Crippen LogP contribution < -0.4 is 4.74 Å². The van der Waals surface area contributed by atoms with E-state index in [0.29, 0.717) is 22.2 Å². The van der Waals surface area contributed by atoms with Crippen LogP contribution in [0.4, 0.5) is 8.78 Å². The van der Waals surface area contributed by atoms with Crippen LogP contribution in [0.25, 0.3) is 0 Å². The largest absolute Gasteiger partial charge is 0.435 e. The van der Waals surface area contributed by atoms with Crippen LogP contribution in [0.2, 0.25) is 0 Å². The molecule has 0 bridgehead atoms. The second-order valence-electron chi connectivity index (χ2n) is 2.96. The Bertz CT molecular complexity index is 385. The molecule has 0 N–H and O–H groups in total. The second-order valence-corrected chi connectivity index (χ2v) is 4.27. The molecule has 0 radical (unpaired) electrons. The highest BCUT2D eigenvalue weighted by Gasteiger charge is 2.10. The molecular weight excluding hydrogens is 302 g/mol. The Morgan fingerprint density at radius 3 is 2.69 bits per heavy atom. The summed E-state index contributed by atoms with van der Waals surface area (Å²) in [6, 6.07) is 4.14. The zero-order valence-electron chi connectivity index (χ0n) is 8.12. The lowest BCUT2D eigenvalue weighted by molar-refractivity contribution is -0.0500. The van der Waals surface area contributed by atoms with E-state index in [9.17, 15) is 13.6 Å². The minimum absolute atomic E-state index is 0.0552. The number of hydrogen-bond acceptors (Lipinski definition) is 3. The third-order valence-corrected chi connectivity index (χ3v) is 2.41. The molecule has 0 aliphatic carbocycles. The van der Waals surface area contributed by atoms with Crippen LogP contribution in [-0.4, -0.2) is 17.7 Å². The summed E-state index contributed by atoms with van der Waals surface area (Å²) >= 11 is 7.15. The molecule has 0 aromatic heterocycles. The van der Waals surface area contributed by atoms with Crippen molar-refractivity contribution in [2.45, 2.75) is 17.9 Å². The van der Waals surface area contributed by atoms with E-state index >= 15 is 0 Å². The number of benzene rings is 1. The van der Waals surface area contributed by atoms with Crippen LogP contribution in [-0.2, 0) is 0 Å². The number of hydrogen-bond donors (Lipinski definition) is 1. The number of carbonyl (C=O) groups is 1. The first-order valence-electron chi connectivity index (χ1n) is 4.41. The number of alkyl halides is 3. The van der Waals surface area contributed by atoms with E-state index in [0.717, 1.165) is 0 Å². The van der Waals surface area contributed by atoms with Gasteiger partial charge in [-0.3, -0.25) is 4.79 Å². The minimum atomic E-state index is -2.91. The average Bonchev–Trinajstić information content (AvgIpc) is 2.15. The molecule has 6 heteroatoms. The van der Waals surface area contributed by atoms with Gasteiger partial charge in [-0.25, -0.2) is 0 Å². The van der Waals surface area contributed by atoms with Crippen LogP contribution in [0.5, 0.6) is 5.75 Å². The Labute approximate surface area is 106 Å². The molecular formula is C10H9BrF2O2S. The zero-order valence-corrected chi connectivity index (χ0v) is 10.6. The SMILES string of the molecule is O=C(CCBr)c1cc(S)cc(OC(F)F)c1. The van der Waals surface area contributed by atoms with Gasteiger partial charge in [0.15, 0.2) is 5.78 Å². The molecule has 0 aliphatic rings. The van der Waals surface area contributed by atoms with Gasteiger partial charge in [-0.2, -0.15) is 8.78 Å². The third-order valence-electron chi connectivity index (χ3n) is 1.76. The predicted molar refractivity (Wildman–Crippen MR) is 63.1 cm³/mol. The van der Waals surface area contributed by atoms with Gasteiger partial charge in [0.25, 0.3) is 0 Å². The standard InChI is InChI=1S/C10H9BrF2O2S/c11-2-1-9(14)6-3-7(15-10(12)13)5-8(16)4-6/h3-5,10,16H,1-2H2. The highest BCUT2D eigenvalue weighted by atomic mass is 79.9. The number of Topliss-reactive ketones (excluding diaryl/α,β-unsaturated/α-hetero) is 1. The molecule has 1 aromatic rings. The molecule has 16 heavy (non-hydrogen) atoms. The van der Waals surface area contributed by atoms with Crippen LogP contribution in [0.15, 0.2) is 23.1 Å². The van der Waals surface area contributed by atoms with E-state index < -0.39 is 6.61 Å². The van der Waals surface area contributed by atoms with E-state index in [4.69, 9.17) is 0 Å². The van der Waals surface area contributed by atoms with Gasteiger partial charge >= 0.3 is 6.61 Å². The molecule has 0 atom stereocenters. The fourth-order valence-electron chi connectivity index (χ4n) is 1.15. The summed E-state index contributed by atoms with van der Waals surface area (Å²) in [5.41, 5.74) is 0.322. The molecule has 0 unspecified atom stereocenters. The molecule has 2 nitrogen and oxygen atoms in total. The van der Waals surface area contributed by atoms with Gasteiger partial charge in [0.05, 0.1) is 0 Å². The highest BCUT2D eigenvalue weighted by Crippen LogP contribution is 2.22. The van der Waals surface area contributed by atoms with Gasteiger partial charge in [-0.15, -0.1) is 12.6 Å². The predicted octanol–water partition coefficient (Wildman–Crippen LogP) is 3.54. The molecule has 0 amide bonds. The lowest BCUT2D eigenvalue weighted by atomic mass is 10.1. The number of rotatable bonds is 5. The Hall–Kier alpha value is -0.620. The summed E-state index contributed by atoms with van der Waals surface area (Å²) in [6.07, 6.45) is 0.297. The molecule has 0 aliphatic heterocycles. The Kier molecular flexibility index (Phi) is 5.21. The second kappa shape index (κ2) is 6.20. The van der Waals surface area contributed by atoms with Gasteiger partial charge in [0.1, 0.15) is 5.75 Å². The fraction of sp³-hybridized carbons (Fsp3) is 0.300. The lowest BCUT2D eigenvalue weighted by Gasteiger charge is -2.07. The van der Waals surface area contributed by atoms with E-state index in [1.54, 1.807) is 0 Å². The van der Waals surface area contributed by atoms with Crippen molar-refractivity contribution >= 4 is 34.3 Å². The smallest absolute Gasteiger partial charge is 0.387 e. The molecule has 1 aromatic carbocycles. The van der Waals surface area contributed by atoms with Gasteiger partial charge < -0.3 is 4.74 Å². The van der Waals surface area contributed by atoms with Gasteiger partial charge in [0.2, 0.25) is 0 Å². The number of carbonyl (C=O) groups excluding carboxylic acids is 1. The number of halogens is 3. The van der Waals surface area contributed by atoms with Crippen molar-refractivity contribution in [3.05, 3.63) is 23.8 Å². The topological polar surface area (TPSA) is 26.3 Å². The maximum absolute atomic E-state index is 12.0. The molecule has 0 heterocycles. The van der Waals surface area contributed by atoms with Crippen LogP contribution in [0.3, 0.4) is 0 Å². The van der Waals surface area contributed by atoms with Crippen LogP contribution in [0, 0.1) is 0 Å². The first kappa shape index (κ1) is 13.4. The van der Waals surface area contributed by atoms with Crippen molar-refractivity contribution in [1.29, 1.82) is 0 Å². The van der Waals surface area contributed by atoms with Crippen molar-refractivity contribution in [2.75, 3.05) is 5.33 Å². The van der Waals surface area contributed by atoms with Crippen LogP contribution >= 0.6 is 28.6 Å². The summed E-state index contributed by atoms with van der Waals surface area (Å²) in [5, 5.41) is 0.521. The summed E-state index contributed by atoms with van der Waals surface area (Å²) in [6.45, 7) is -2.91. The number of ether oxygens (including phenoxy) is 1. The Morgan fingerprint density at radius 2 is 2.12 bits per heavy atom. The molecule has 0 fully saturated rings. The Morgan fingerprint density at radius 1 is 1.44 bits per heavy atom. The summed E-state index contributed by atoms with van der Waals surface area (Å²) < 4.78 is 28.2. The maximum atomic E-state index is 12.0. The van der Waals surface area contributed by atoms with Gasteiger partial charge in [0, 0.05) is 22.2 Å². The monoisotopic (exact) mass is 310 g/mol. The molecule has 0 spiro atoms. The minimum Gasteiger partial charge on any atom is -0.435 e. The average molecular weight is 311 g/mol. The van der Waals surface area contributed by atoms with E-state index in [1.165, 1.54) is 18.2 Å². The summed E-state index contributed by atoms with van der Waals surface area (Å²) in [4.78, 5) is 11.9. The van der Waals surface area contributed by atoms with Crippen molar-refractivity contribution < 1.29 is 18.3 Å². The Balaban J connectivity index is 2.93. The molecule has 1 rings (SSSR count). The number of thiol groups is 1. The van der Waals surface area contributed by atoms with Gasteiger partial charge in [-0.05, 0) is 18.2 Å². The summed E-state index contributed by atoms with van der Waals surface area (Å²) in [5.74, 6) is -0.202. The molecule has 0 saturated carbocycles. The lowest BCUT2D eigenvalue weighted by Crippen LogP contribution is -2.04. The molecule has 0 saturated heterocycles. The third kappa shape index (κ3) is 4.09. The van der Waals surface area contributed by atoms with E-state index in [1.807, 2.05) is 0 Å².